The normalized spacial score (nSPS) is 11.4. The molecule has 0 aliphatic carbocycles. The Morgan fingerprint density at radius 1 is 1.53 bits per heavy atom. The van der Waals surface area contributed by atoms with E-state index in [4.69, 9.17) is 21.4 Å². The summed E-state index contributed by atoms with van der Waals surface area (Å²) in [6, 6.07) is 5.94. The number of hydrogen-bond donors (Lipinski definition) is 2. The highest BCUT2D eigenvalue weighted by Crippen LogP contribution is 2.20. The largest absolute Gasteiger partial charge is 0.481 e. The minimum atomic E-state index is -1.03. The fourth-order valence-corrected chi connectivity index (χ4v) is 1.67. The number of rotatable bonds is 6. The van der Waals surface area contributed by atoms with Gasteiger partial charge in [-0.05, 0) is 17.7 Å². The van der Waals surface area contributed by atoms with Crippen LogP contribution in [0.2, 0.25) is 5.02 Å². The SMILES string of the molecule is C=CCOC(=O)NC(CC(=O)O)c1cccc(Cl)c1. The molecule has 1 amide bonds. The van der Waals surface area contributed by atoms with Crippen molar-refractivity contribution in [3.63, 3.8) is 0 Å². The summed E-state index contributed by atoms with van der Waals surface area (Å²) in [5.74, 6) is -1.03. The van der Waals surface area contributed by atoms with Crippen molar-refractivity contribution in [1.29, 1.82) is 0 Å². The molecule has 0 aromatic heterocycles. The summed E-state index contributed by atoms with van der Waals surface area (Å²) < 4.78 is 4.76. The maximum absolute atomic E-state index is 11.4. The van der Waals surface area contributed by atoms with Gasteiger partial charge in [0.25, 0.3) is 0 Å². The smallest absolute Gasteiger partial charge is 0.407 e. The van der Waals surface area contributed by atoms with Crippen LogP contribution in [0.15, 0.2) is 36.9 Å². The Hall–Kier alpha value is -2.01. The number of halogens is 1. The second-order valence-electron chi connectivity index (χ2n) is 3.74. The van der Waals surface area contributed by atoms with Crippen LogP contribution in [-0.2, 0) is 9.53 Å². The van der Waals surface area contributed by atoms with Crippen molar-refractivity contribution in [2.45, 2.75) is 12.5 Å². The highest BCUT2D eigenvalue weighted by Gasteiger charge is 2.18. The van der Waals surface area contributed by atoms with E-state index >= 15 is 0 Å². The second-order valence-corrected chi connectivity index (χ2v) is 4.17. The van der Waals surface area contributed by atoms with Crippen LogP contribution in [0.4, 0.5) is 4.79 Å². The van der Waals surface area contributed by atoms with Gasteiger partial charge in [-0.3, -0.25) is 4.79 Å². The van der Waals surface area contributed by atoms with Gasteiger partial charge in [-0.2, -0.15) is 0 Å². The first-order valence-electron chi connectivity index (χ1n) is 5.54. The molecule has 0 aliphatic heterocycles. The van der Waals surface area contributed by atoms with Crippen LogP contribution in [0.3, 0.4) is 0 Å². The van der Waals surface area contributed by atoms with Gasteiger partial charge in [0, 0.05) is 5.02 Å². The third-order valence-corrected chi connectivity index (χ3v) is 2.49. The number of ether oxygens (including phenoxy) is 1. The van der Waals surface area contributed by atoms with Crippen molar-refractivity contribution in [2.24, 2.45) is 0 Å². The third kappa shape index (κ3) is 5.44. The molecule has 1 unspecified atom stereocenters. The molecule has 2 N–H and O–H groups in total. The van der Waals surface area contributed by atoms with Gasteiger partial charge in [0.2, 0.25) is 0 Å². The molecule has 0 saturated carbocycles. The van der Waals surface area contributed by atoms with Crippen LogP contribution in [0.25, 0.3) is 0 Å². The molecule has 1 aromatic carbocycles. The Labute approximate surface area is 115 Å². The summed E-state index contributed by atoms with van der Waals surface area (Å²) in [6.45, 7) is 3.47. The van der Waals surface area contributed by atoms with Gasteiger partial charge < -0.3 is 15.2 Å². The molecule has 5 nitrogen and oxygen atoms in total. The third-order valence-electron chi connectivity index (χ3n) is 2.25. The average Bonchev–Trinajstić information content (AvgIpc) is 2.35. The molecule has 19 heavy (non-hydrogen) atoms. The lowest BCUT2D eigenvalue weighted by atomic mass is 10.0. The number of carboxylic acid groups (broad SMARTS) is 1. The van der Waals surface area contributed by atoms with Crippen molar-refractivity contribution < 1.29 is 19.4 Å². The van der Waals surface area contributed by atoms with E-state index in [2.05, 4.69) is 11.9 Å². The number of alkyl carbamates (subject to hydrolysis) is 1. The molecular weight excluding hydrogens is 270 g/mol. The first kappa shape index (κ1) is 15.0. The molecule has 0 heterocycles. The predicted octanol–water partition coefficient (Wildman–Crippen LogP) is 2.77. The lowest BCUT2D eigenvalue weighted by Gasteiger charge is -2.17. The Morgan fingerprint density at radius 2 is 2.26 bits per heavy atom. The van der Waals surface area contributed by atoms with Gasteiger partial charge in [0.15, 0.2) is 0 Å². The quantitative estimate of drug-likeness (QED) is 0.787. The van der Waals surface area contributed by atoms with Crippen molar-refractivity contribution in [1.82, 2.24) is 5.32 Å². The number of carbonyl (C=O) groups excluding carboxylic acids is 1. The second kappa shape index (κ2) is 7.43. The standard InChI is InChI=1S/C13H14ClNO4/c1-2-6-19-13(18)15-11(8-12(16)17)9-4-3-5-10(14)7-9/h2-5,7,11H,1,6,8H2,(H,15,18)(H,16,17). The molecule has 0 fully saturated rings. The average molecular weight is 284 g/mol. The number of amides is 1. The molecular formula is C13H14ClNO4. The van der Waals surface area contributed by atoms with Gasteiger partial charge in [-0.15, -0.1) is 0 Å². The minimum absolute atomic E-state index is 0.0567. The van der Waals surface area contributed by atoms with Crippen LogP contribution in [0, 0.1) is 0 Å². The lowest BCUT2D eigenvalue weighted by molar-refractivity contribution is -0.137. The fourth-order valence-electron chi connectivity index (χ4n) is 1.47. The van der Waals surface area contributed by atoms with Gasteiger partial charge >= 0.3 is 12.1 Å². The fraction of sp³-hybridized carbons (Fsp3) is 0.231. The number of carboxylic acids is 1. The van der Waals surface area contributed by atoms with E-state index in [0.717, 1.165) is 0 Å². The van der Waals surface area contributed by atoms with Crippen LogP contribution < -0.4 is 5.32 Å². The molecule has 6 heteroatoms. The van der Waals surface area contributed by atoms with E-state index in [1.165, 1.54) is 6.08 Å². The maximum Gasteiger partial charge on any atom is 0.407 e. The molecule has 0 spiro atoms. The summed E-state index contributed by atoms with van der Waals surface area (Å²) in [4.78, 5) is 22.3. The zero-order chi connectivity index (χ0) is 14.3. The van der Waals surface area contributed by atoms with E-state index in [1.54, 1.807) is 24.3 Å². The summed E-state index contributed by atoms with van der Waals surface area (Å²) in [5.41, 5.74) is 0.602. The van der Waals surface area contributed by atoms with Crippen molar-refractivity contribution in [3.05, 3.63) is 47.5 Å². The Morgan fingerprint density at radius 3 is 2.84 bits per heavy atom. The first-order chi connectivity index (χ1) is 9.02. The van der Waals surface area contributed by atoms with Crippen LogP contribution in [0.5, 0.6) is 0 Å². The number of nitrogens with one attached hydrogen (secondary N) is 1. The molecule has 102 valence electrons. The first-order valence-corrected chi connectivity index (χ1v) is 5.92. The topological polar surface area (TPSA) is 75.6 Å². The van der Waals surface area contributed by atoms with Gasteiger partial charge in [-0.1, -0.05) is 36.4 Å². The van der Waals surface area contributed by atoms with E-state index in [9.17, 15) is 9.59 Å². The summed E-state index contributed by atoms with van der Waals surface area (Å²) in [7, 11) is 0. The highest BCUT2D eigenvalue weighted by molar-refractivity contribution is 6.30. The zero-order valence-electron chi connectivity index (χ0n) is 10.1. The van der Waals surface area contributed by atoms with Crippen molar-refractivity contribution in [2.75, 3.05) is 6.61 Å². The van der Waals surface area contributed by atoms with Crippen LogP contribution >= 0.6 is 11.6 Å². The van der Waals surface area contributed by atoms with E-state index < -0.39 is 18.1 Å². The van der Waals surface area contributed by atoms with Crippen molar-refractivity contribution >= 4 is 23.7 Å². The molecule has 0 saturated heterocycles. The Kier molecular flexibility index (Phi) is 5.89. The van der Waals surface area contributed by atoms with E-state index in [1.807, 2.05) is 0 Å². The van der Waals surface area contributed by atoms with E-state index in [-0.39, 0.29) is 13.0 Å². The maximum atomic E-state index is 11.4. The molecule has 1 rings (SSSR count). The van der Waals surface area contributed by atoms with Gasteiger partial charge in [0.1, 0.15) is 6.61 Å². The molecule has 0 aliphatic rings. The Balaban J connectivity index is 2.79. The van der Waals surface area contributed by atoms with Crippen LogP contribution in [-0.4, -0.2) is 23.8 Å². The molecule has 1 aromatic rings. The lowest BCUT2D eigenvalue weighted by Crippen LogP contribution is -2.30. The molecule has 0 bridgehead atoms. The summed E-state index contributed by atoms with van der Waals surface area (Å²) >= 11 is 5.84. The van der Waals surface area contributed by atoms with Crippen LogP contribution in [0.1, 0.15) is 18.0 Å². The predicted molar refractivity (Wildman–Crippen MR) is 71.1 cm³/mol. The number of aliphatic carboxylic acids is 1. The van der Waals surface area contributed by atoms with Crippen molar-refractivity contribution in [3.8, 4) is 0 Å². The number of benzene rings is 1. The van der Waals surface area contributed by atoms with Gasteiger partial charge in [-0.25, -0.2) is 4.79 Å². The zero-order valence-corrected chi connectivity index (χ0v) is 10.9. The summed E-state index contributed by atoms with van der Waals surface area (Å²) in [5, 5.41) is 11.8. The van der Waals surface area contributed by atoms with Gasteiger partial charge in [0.05, 0.1) is 12.5 Å². The molecule has 1 atom stereocenters. The monoisotopic (exact) mass is 283 g/mol. The number of carbonyl (C=O) groups is 2. The van der Waals surface area contributed by atoms with E-state index in [0.29, 0.717) is 10.6 Å². The number of hydrogen-bond acceptors (Lipinski definition) is 3. The summed E-state index contributed by atoms with van der Waals surface area (Å²) in [6.07, 6.45) is 0.459. The highest BCUT2D eigenvalue weighted by atomic mass is 35.5. The molecule has 0 radical (unpaired) electrons. The Bertz CT molecular complexity index is 475. The minimum Gasteiger partial charge on any atom is -0.481 e.